The number of hydrogen-bond donors (Lipinski definition) is 1. The molecule has 0 amide bonds. The van der Waals surface area contributed by atoms with E-state index < -0.39 is 18.5 Å². The van der Waals surface area contributed by atoms with E-state index in [4.69, 9.17) is 9.84 Å². The normalized spacial score (nSPS) is 11.3. The third-order valence-corrected chi connectivity index (χ3v) is 3.30. The molecule has 2 aromatic rings. The molecular formula is C13H10F2O3S. The standard InChI is InChI=1S/C13H10F2O3S/c14-13(15,9-4-2-1-3-5-9)8-18-10-6-11(12(16)17)19-7-10/h1-7H,8H2,(H,16,17). The molecule has 1 aromatic carbocycles. The molecule has 6 heteroatoms. The van der Waals surface area contributed by atoms with Crippen molar-refractivity contribution in [3.63, 3.8) is 0 Å². The van der Waals surface area contributed by atoms with Gasteiger partial charge in [0.25, 0.3) is 0 Å². The van der Waals surface area contributed by atoms with Gasteiger partial charge in [-0.1, -0.05) is 30.3 Å². The number of carboxylic acids is 1. The summed E-state index contributed by atoms with van der Waals surface area (Å²) < 4.78 is 32.5. The Morgan fingerprint density at radius 1 is 1.32 bits per heavy atom. The quantitative estimate of drug-likeness (QED) is 0.912. The average Bonchev–Trinajstić information content (AvgIpc) is 2.87. The van der Waals surface area contributed by atoms with E-state index in [0.29, 0.717) is 0 Å². The second kappa shape index (κ2) is 5.36. The molecule has 0 fully saturated rings. The lowest BCUT2D eigenvalue weighted by atomic mass is 10.1. The van der Waals surface area contributed by atoms with Crippen molar-refractivity contribution in [1.29, 1.82) is 0 Å². The van der Waals surface area contributed by atoms with Gasteiger partial charge in [-0.25, -0.2) is 4.79 Å². The van der Waals surface area contributed by atoms with Gasteiger partial charge in [0.05, 0.1) is 0 Å². The molecule has 0 spiro atoms. The van der Waals surface area contributed by atoms with Crippen LogP contribution in [0.5, 0.6) is 5.75 Å². The molecule has 0 aliphatic rings. The smallest absolute Gasteiger partial charge is 0.346 e. The maximum Gasteiger partial charge on any atom is 0.346 e. The first-order valence-corrected chi connectivity index (χ1v) is 6.25. The SMILES string of the molecule is O=C(O)c1cc(OCC(F)(F)c2ccccc2)cs1. The third-order valence-electron chi connectivity index (χ3n) is 2.40. The number of benzene rings is 1. The summed E-state index contributed by atoms with van der Waals surface area (Å²) in [5.74, 6) is -4.08. The summed E-state index contributed by atoms with van der Waals surface area (Å²) in [6, 6.07) is 8.57. The van der Waals surface area contributed by atoms with Gasteiger partial charge in [0.15, 0.2) is 6.61 Å². The van der Waals surface area contributed by atoms with Crippen LogP contribution in [0.15, 0.2) is 41.8 Å². The molecule has 0 radical (unpaired) electrons. The first-order chi connectivity index (χ1) is 8.99. The number of aromatic carboxylic acids is 1. The van der Waals surface area contributed by atoms with E-state index >= 15 is 0 Å². The van der Waals surface area contributed by atoms with Gasteiger partial charge in [-0.2, -0.15) is 8.78 Å². The molecule has 0 unspecified atom stereocenters. The van der Waals surface area contributed by atoms with Crippen molar-refractivity contribution in [2.45, 2.75) is 5.92 Å². The second-order valence-electron chi connectivity index (χ2n) is 3.81. The molecule has 0 aliphatic carbocycles. The van der Waals surface area contributed by atoms with Crippen molar-refractivity contribution in [1.82, 2.24) is 0 Å². The number of hydrogen-bond acceptors (Lipinski definition) is 3. The lowest BCUT2D eigenvalue weighted by molar-refractivity contribution is -0.0466. The zero-order valence-corrected chi connectivity index (χ0v) is 10.5. The van der Waals surface area contributed by atoms with Crippen LogP contribution in [0, 0.1) is 0 Å². The molecule has 0 saturated carbocycles. The first-order valence-electron chi connectivity index (χ1n) is 5.37. The molecule has 100 valence electrons. The fraction of sp³-hybridized carbons (Fsp3) is 0.154. The van der Waals surface area contributed by atoms with Crippen LogP contribution >= 0.6 is 11.3 Å². The van der Waals surface area contributed by atoms with Crippen molar-refractivity contribution in [2.24, 2.45) is 0 Å². The number of alkyl halides is 2. The van der Waals surface area contributed by atoms with E-state index in [1.165, 1.54) is 35.7 Å². The van der Waals surface area contributed by atoms with Crippen LogP contribution in [0.3, 0.4) is 0 Å². The molecule has 2 rings (SSSR count). The number of carboxylic acid groups (broad SMARTS) is 1. The van der Waals surface area contributed by atoms with Crippen LogP contribution in [-0.2, 0) is 5.92 Å². The van der Waals surface area contributed by atoms with E-state index in [2.05, 4.69) is 0 Å². The monoisotopic (exact) mass is 284 g/mol. The summed E-state index contributed by atoms with van der Waals surface area (Å²) in [7, 11) is 0. The number of ether oxygens (including phenoxy) is 1. The number of carbonyl (C=O) groups is 1. The van der Waals surface area contributed by atoms with Crippen LogP contribution in [0.2, 0.25) is 0 Å². The minimum absolute atomic E-state index is 0.0537. The van der Waals surface area contributed by atoms with Crippen molar-refractivity contribution in [3.05, 3.63) is 52.2 Å². The highest BCUT2D eigenvalue weighted by molar-refractivity contribution is 7.12. The van der Waals surface area contributed by atoms with Gasteiger partial charge in [-0.3, -0.25) is 0 Å². The van der Waals surface area contributed by atoms with Crippen LogP contribution in [0.25, 0.3) is 0 Å². The van der Waals surface area contributed by atoms with E-state index in [9.17, 15) is 13.6 Å². The van der Waals surface area contributed by atoms with Crippen LogP contribution in [-0.4, -0.2) is 17.7 Å². The Labute approximate surface area is 112 Å². The fourth-order valence-electron chi connectivity index (χ4n) is 1.45. The predicted octanol–water partition coefficient (Wildman–Crippen LogP) is 3.62. The average molecular weight is 284 g/mol. The van der Waals surface area contributed by atoms with Crippen molar-refractivity contribution in [2.75, 3.05) is 6.61 Å². The second-order valence-corrected chi connectivity index (χ2v) is 4.72. The minimum atomic E-state index is -3.12. The van der Waals surface area contributed by atoms with Gasteiger partial charge in [-0.15, -0.1) is 11.3 Å². The van der Waals surface area contributed by atoms with Gasteiger partial charge in [0.2, 0.25) is 0 Å². The molecule has 19 heavy (non-hydrogen) atoms. The first kappa shape index (κ1) is 13.5. The number of halogens is 2. The van der Waals surface area contributed by atoms with Crippen molar-refractivity contribution < 1.29 is 23.4 Å². The summed E-state index contributed by atoms with van der Waals surface area (Å²) in [6.45, 7) is -0.827. The zero-order chi connectivity index (χ0) is 13.9. The Hall–Kier alpha value is -1.95. The summed E-state index contributed by atoms with van der Waals surface area (Å²) in [6.07, 6.45) is 0. The van der Waals surface area contributed by atoms with Gasteiger partial charge in [-0.05, 0) is 0 Å². The molecule has 3 nitrogen and oxygen atoms in total. The minimum Gasteiger partial charge on any atom is -0.486 e. The largest absolute Gasteiger partial charge is 0.486 e. The Bertz CT molecular complexity index is 566. The zero-order valence-electron chi connectivity index (χ0n) is 9.68. The fourth-order valence-corrected chi connectivity index (χ4v) is 2.11. The molecule has 0 bridgehead atoms. The summed E-state index contributed by atoms with van der Waals surface area (Å²) in [5.41, 5.74) is -0.135. The van der Waals surface area contributed by atoms with Crippen molar-refractivity contribution in [3.8, 4) is 5.75 Å². The van der Waals surface area contributed by atoms with E-state index in [1.54, 1.807) is 6.07 Å². The molecule has 0 saturated heterocycles. The van der Waals surface area contributed by atoms with Crippen LogP contribution < -0.4 is 4.74 Å². The summed E-state index contributed by atoms with van der Waals surface area (Å²) in [5, 5.41) is 10.1. The highest BCUT2D eigenvalue weighted by atomic mass is 32.1. The van der Waals surface area contributed by atoms with Crippen molar-refractivity contribution >= 4 is 17.3 Å². The summed E-state index contributed by atoms with van der Waals surface area (Å²) >= 11 is 0.935. The lowest BCUT2D eigenvalue weighted by Gasteiger charge is -2.16. The molecule has 1 N–H and O–H groups in total. The third kappa shape index (κ3) is 3.29. The molecule has 0 aliphatic heterocycles. The highest BCUT2D eigenvalue weighted by Crippen LogP contribution is 2.30. The molecule has 0 atom stereocenters. The Morgan fingerprint density at radius 3 is 2.58 bits per heavy atom. The van der Waals surface area contributed by atoms with E-state index in [1.807, 2.05) is 0 Å². The molecule has 1 aromatic heterocycles. The maximum absolute atomic E-state index is 13.8. The predicted molar refractivity (Wildman–Crippen MR) is 67.1 cm³/mol. The Kier molecular flexibility index (Phi) is 3.80. The van der Waals surface area contributed by atoms with Crippen LogP contribution in [0.1, 0.15) is 15.2 Å². The summed E-state index contributed by atoms with van der Waals surface area (Å²) in [4.78, 5) is 10.7. The van der Waals surface area contributed by atoms with E-state index in [0.717, 1.165) is 11.3 Å². The lowest BCUT2D eigenvalue weighted by Crippen LogP contribution is -2.22. The van der Waals surface area contributed by atoms with Gasteiger partial charge >= 0.3 is 11.9 Å². The molecular weight excluding hydrogens is 274 g/mol. The van der Waals surface area contributed by atoms with Gasteiger partial charge in [0, 0.05) is 17.0 Å². The number of rotatable bonds is 5. The van der Waals surface area contributed by atoms with Crippen LogP contribution in [0.4, 0.5) is 8.78 Å². The van der Waals surface area contributed by atoms with Gasteiger partial charge < -0.3 is 9.84 Å². The van der Waals surface area contributed by atoms with Gasteiger partial charge in [0.1, 0.15) is 10.6 Å². The Balaban J connectivity index is 2.03. The highest BCUT2D eigenvalue weighted by Gasteiger charge is 2.32. The topological polar surface area (TPSA) is 46.5 Å². The van der Waals surface area contributed by atoms with E-state index in [-0.39, 0.29) is 16.2 Å². The molecule has 1 heterocycles. The number of thiophene rings is 1. The maximum atomic E-state index is 13.8. The Morgan fingerprint density at radius 2 is 2.00 bits per heavy atom.